The molecular formula is C14H16N4O3. The molecule has 0 saturated heterocycles. The number of nitrogens with one attached hydrogen (secondary N) is 3. The number of carbonyl (C=O) groups is 1. The largest absolute Gasteiger partial charge is 0.356 e. The first-order valence-corrected chi connectivity index (χ1v) is 6.63. The van der Waals surface area contributed by atoms with Crippen LogP contribution >= 0.6 is 0 Å². The number of nitrogens with zero attached hydrogens (tertiary/aromatic N) is 1. The van der Waals surface area contributed by atoms with Crippen molar-refractivity contribution in [2.75, 3.05) is 6.54 Å². The maximum absolute atomic E-state index is 11.7. The number of carbonyl (C=O) groups excluding carboxylic acids is 1. The summed E-state index contributed by atoms with van der Waals surface area (Å²) in [5.41, 5.74) is 0.0799. The first-order valence-electron chi connectivity index (χ1n) is 6.63. The highest BCUT2D eigenvalue weighted by Gasteiger charge is 2.06. The number of amides is 1. The van der Waals surface area contributed by atoms with E-state index in [1.807, 2.05) is 30.3 Å². The van der Waals surface area contributed by atoms with Gasteiger partial charge in [0.1, 0.15) is 5.69 Å². The number of hydrogen-bond acceptors (Lipinski definition) is 4. The molecule has 3 N–H and O–H groups in total. The van der Waals surface area contributed by atoms with Gasteiger partial charge in [0.15, 0.2) is 0 Å². The van der Waals surface area contributed by atoms with E-state index >= 15 is 0 Å². The van der Waals surface area contributed by atoms with E-state index in [-0.39, 0.29) is 24.4 Å². The zero-order valence-corrected chi connectivity index (χ0v) is 11.4. The predicted octanol–water partition coefficient (Wildman–Crippen LogP) is -0.250. The zero-order valence-electron chi connectivity index (χ0n) is 11.4. The quantitative estimate of drug-likeness (QED) is 0.681. The molecule has 7 heteroatoms. The number of H-pyrrole nitrogens is 2. The number of hydrogen-bond donors (Lipinski definition) is 3. The zero-order chi connectivity index (χ0) is 15.1. The Morgan fingerprint density at radius 2 is 1.90 bits per heavy atom. The van der Waals surface area contributed by atoms with Crippen LogP contribution in [0.25, 0.3) is 0 Å². The van der Waals surface area contributed by atoms with Crippen molar-refractivity contribution in [3.63, 3.8) is 0 Å². The van der Waals surface area contributed by atoms with E-state index in [1.165, 1.54) is 0 Å². The van der Waals surface area contributed by atoms with Crippen molar-refractivity contribution in [2.45, 2.75) is 19.3 Å². The first kappa shape index (κ1) is 14.7. The van der Waals surface area contributed by atoms with Gasteiger partial charge in [-0.3, -0.25) is 14.6 Å². The molecule has 1 heterocycles. The number of aryl methyl sites for hydroxylation is 1. The van der Waals surface area contributed by atoms with Crippen molar-refractivity contribution in [3.8, 4) is 0 Å². The Morgan fingerprint density at radius 3 is 2.62 bits per heavy atom. The van der Waals surface area contributed by atoms with E-state index in [2.05, 4.69) is 20.5 Å². The Hall–Kier alpha value is -2.70. The van der Waals surface area contributed by atoms with Crippen LogP contribution in [0.15, 0.2) is 39.9 Å². The van der Waals surface area contributed by atoms with E-state index in [0.717, 1.165) is 12.0 Å². The van der Waals surface area contributed by atoms with Crippen molar-refractivity contribution in [1.29, 1.82) is 0 Å². The number of benzene rings is 1. The summed E-state index contributed by atoms with van der Waals surface area (Å²) in [6.07, 6.45) is 1.09. The lowest BCUT2D eigenvalue weighted by molar-refractivity contribution is -0.121. The second-order valence-corrected chi connectivity index (χ2v) is 4.54. The smallest absolute Gasteiger partial charge is 0.342 e. The molecule has 0 atom stereocenters. The normalized spacial score (nSPS) is 10.3. The van der Waals surface area contributed by atoms with Crippen LogP contribution in [0.4, 0.5) is 0 Å². The summed E-state index contributed by atoms with van der Waals surface area (Å²) < 4.78 is 0. The maximum atomic E-state index is 11.7. The van der Waals surface area contributed by atoms with Gasteiger partial charge in [0.25, 0.3) is 5.56 Å². The molecule has 0 bridgehead atoms. The van der Waals surface area contributed by atoms with Gasteiger partial charge in [-0.15, -0.1) is 0 Å². The Balaban J connectivity index is 1.75. The van der Waals surface area contributed by atoms with Crippen molar-refractivity contribution < 1.29 is 4.79 Å². The number of aromatic nitrogens is 3. The molecule has 0 unspecified atom stereocenters. The second kappa shape index (κ2) is 7.18. The Morgan fingerprint density at radius 1 is 1.14 bits per heavy atom. The van der Waals surface area contributed by atoms with Crippen molar-refractivity contribution in [2.24, 2.45) is 0 Å². The van der Waals surface area contributed by atoms with Crippen molar-refractivity contribution in [3.05, 3.63) is 62.4 Å². The molecule has 1 aromatic heterocycles. The molecule has 1 aromatic carbocycles. The average molecular weight is 288 g/mol. The summed E-state index contributed by atoms with van der Waals surface area (Å²) >= 11 is 0. The summed E-state index contributed by atoms with van der Waals surface area (Å²) in [7, 11) is 0. The fourth-order valence-corrected chi connectivity index (χ4v) is 1.85. The average Bonchev–Trinajstić information content (AvgIpc) is 2.47. The summed E-state index contributed by atoms with van der Waals surface area (Å²) in [6, 6.07) is 9.83. The van der Waals surface area contributed by atoms with E-state index in [1.54, 1.807) is 0 Å². The molecule has 0 radical (unpaired) electrons. The van der Waals surface area contributed by atoms with Crippen LogP contribution in [-0.2, 0) is 17.6 Å². The van der Waals surface area contributed by atoms with E-state index < -0.39 is 11.2 Å². The predicted molar refractivity (Wildman–Crippen MR) is 77.0 cm³/mol. The third-order valence-corrected chi connectivity index (χ3v) is 2.95. The Kier molecular flexibility index (Phi) is 5.03. The van der Waals surface area contributed by atoms with Crippen LogP contribution in [0.2, 0.25) is 0 Å². The van der Waals surface area contributed by atoms with Gasteiger partial charge in [0.2, 0.25) is 5.91 Å². The molecule has 0 saturated carbocycles. The van der Waals surface area contributed by atoms with Gasteiger partial charge in [-0.2, -0.15) is 5.10 Å². The fraction of sp³-hybridized carbons (Fsp3) is 0.286. The van der Waals surface area contributed by atoms with E-state index in [0.29, 0.717) is 6.54 Å². The molecule has 21 heavy (non-hydrogen) atoms. The van der Waals surface area contributed by atoms with E-state index in [9.17, 15) is 14.4 Å². The van der Waals surface area contributed by atoms with Gasteiger partial charge in [-0.1, -0.05) is 30.3 Å². The minimum Gasteiger partial charge on any atom is -0.356 e. The number of aromatic amines is 2. The molecule has 0 aliphatic rings. The molecule has 0 aliphatic heterocycles. The van der Waals surface area contributed by atoms with Crippen LogP contribution in [0.1, 0.15) is 17.7 Å². The second-order valence-electron chi connectivity index (χ2n) is 4.54. The molecule has 2 aromatic rings. The summed E-state index contributed by atoms with van der Waals surface area (Å²) in [6.45, 7) is 0.540. The Labute approximate surface area is 120 Å². The van der Waals surface area contributed by atoms with Crippen LogP contribution in [0.3, 0.4) is 0 Å². The van der Waals surface area contributed by atoms with Gasteiger partial charge in [-0.25, -0.2) is 9.89 Å². The monoisotopic (exact) mass is 288 g/mol. The van der Waals surface area contributed by atoms with Crippen LogP contribution in [-0.4, -0.2) is 27.6 Å². The highest BCUT2D eigenvalue weighted by molar-refractivity contribution is 5.76. The lowest BCUT2D eigenvalue weighted by atomic mass is 10.1. The maximum Gasteiger partial charge on any atom is 0.342 e. The molecular weight excluding hydrogens is 272 g/mol. The number of rotatable bonds is 6. The van der Waals surface area contributed by atoms with E-state index in [4.69, 9.17) is 0 Å². The Bertz CT molecular complexity index is 706. The molecule has 0 spiro atoms. The highest BCUT2D eigenvalue weighted by atomic mass is 16.2. The summed E-state index contributed by atoms with van der Waals surface area (Å²) in [5, 5.41) is 8.53. The standard InChI is InChI=1S/C14H16N4O3/c19-12(15-9-8-10-4-2-1-3-5-10)7-6-11-13(20)16-14(21)18-17-11/h1-5H,6-9H2,(H,15,19)(H2,16,18,20,21). The summed E-state index contributed by atoms with van der Waals surface area (Å²) in [5.74, 6) is -0.154. The van der Waals surface area contributed by atoms with Crippen molar-refractivity contribution >= 4 is 5.91 Å². The topological polar surface area (TPSA) is 108 Å². The van der Waals surface area contributed by atoms with Crippen LogP contribution < -0.4 is 16.6 Å². The minimum absolute atomic E-state index is 0.146. The third kappa shape index (κ3) is 4.72. The molecule has 7 nitrogen and oxygen atoms in total. The molecule has 1 amide bonds. The third-order valence-electron chi connectivity index (χ3n) is 2.95. The van der Waals surface area contributed by atoms with Gasteiger partial charge in [0.05, 0.1) is 0 Å². The van der Waals surface area contributed by atoms with Crippen LogP contribution in [0, 0.1) is 0 Å². The van der Waals surface area contributed by atoms with Gasteiger partial charge in [-0.05, 0) is 12.0 Å². The molecule has 0 fully saturated rings. The van der Waals surface area contributed by atoms with Gasteiger partial charge >= 0.3 is 5.69 Å². The van der Waals surface area contributed by atoms with Gasteiger partial charge in [0, 0.05) is 19.4 Å². The SMILES string of the molecule is O=C(CCc1n[nH]c(=O)[nH]c1=O)NCCc1ccccc1. The van der Waals surface area contributed by atoms with Crippen LogP contribution in [0.5, 0.6) is 0 Å². The minimum atomic E-state index is -0.656. The molecule has 110 valence electrons. The van der Waals surface area contributed by atoms with Crippen molar-refractivity contribution in [1.82, 2.24) is 20.5 Å². The molecule has 0 aliphatic carbocycles. The first-order chi connectivity index (χ1) is 10.1. The lowest BCUT2D eigenvalue weighted by Gasteiger charge is -2.04. The highest BCUT2D eigenvalue weighted by Crippen LogP contribution is 1.98. The van der Waals surface area contributed by atoms with Gasteiger partial charge < -0.3 is 5.32 Å². The lowest BCUT2D eigenvalue weighted by Crippen LogP contribution is -2.30. The fourth-order valence-electron chi connectivity index (χ4n) is 1.85. The summed E-state index contributed by atoms with van der Waals surface area (Å²) in [4.78, 5) is 35.9. The molecule has 2 rings (SSSR count).